The van der Waals surface area contributed by atoms with Crippen LogP contribution in [-0.2, 0) is 6.42 Å². The highest BCUT2D eigenvalue weighted by Gasteiger charge is 2.40. The van der Waals surface area contributed by atoms with E-state index in [1.165, 1.54) is 18.0 Å². The Bertz CT molecular complexity index is 1330. The molecule has 5 rings (SSSR count). The summed E-state index contributed by atoms with van der Waals surface area (Å²) >= 11 is 0. The number of rotatable bonds is 5. The third-order valence-corrected chi connectivity index (χ3v) is 5.45. The Balaban J connectivity index is 1.48. The van der Waals surface area contributed by atoms with Gasteiger partial charge in [0, 0.05) is 30.4 Å². The average Bonchev–Trinajstić information content (AvgIpc) is 3.31. The molecule has 1 aromatic carbocycles. The first-order valence-corrected chi connectivity index (χ1v) is 9.38. The van der Waals surface area contributed by atoms with Gasteiger partial charge < -0.3 is 10.4 Å². The molecule has 0 saturated heterocycles. The first-order chi connectivity index (χ1) is 14.1. The van der Waals surface area contributed by atoms with E-state index in [9.17, 15) is 9.59 Å². The van der Waals surface area contributed by atoms with Crippen LogP contribution in [0.1, 0.15) is 29.0 Å². The smallest absolute Gasteiger partial charge is 0.313 e. The molecule has 3 heterocycles. The number of H-pyrrole nitrogens is 2. The first kappa shape index (κ1) is 17.3. The Morgan fingerprint density at radius 2 is 2.07 bits per heavy atom. The third kappa shape index (κ3) is 3.18. The summed E-state index contributed by atoms with van der Waals surface area (Å²) < 4.78 is 1.68. The summed E-state index contributed by atoms with van der Waals surface area (Å²) in [7, 11) is 0. The van der Waals surface area contributed by atoms with E-state index in [2.05, 4.69) is 32.2 Å². The van der Waals surface area contributed by atoms with Crippen LogP contribution in [0.4, 0.5) is 0 Å². The van der Waals surface area contributed by atoms with E-state index < -0.39 is 11.2 Å². The third-order valence-electron chi connectivity index (χ3n) is 5.45. The molecule has 0 radical (unpaired) electrons. The van der Waals surface area contributed by atoms with Crippen LogP contribution in [0.2, 0.25) is 0 Å². The number of imidazole rings is 1. The van der Waals surface area contributed by atoms with Crippen molar-refractivity contribution in [3.63, 3.8) is 0 Å². The summed E-state index contributed by atoms with van der Waals surface area (Å²) in [5.74, 6) is 0.830. The Morgan fingerprint density at radius 3 is 2.83 bits per heavy atom. The second kappa shape index (κ2) is 6.66. The minimum absolute atomic E-state index is 0.320. The highest BCUT2D eigenvalue weighted by molar-refractivity contribution is 5.76. The van der Waals surface area contributed by atoms with Gasteiger partial charge in [0.25, 0.3) is 5.56 Å². The minimum atomic E-state index is -0.543. The average molecular weight is 386 g/mol. The number of aromatic nitrogens is 5. The van der Waals surface area contributed by atoms with Gasteiger partial charge in [-0.3, -0.25) is 9.78 Å². The number of nitrogens with one attached hydrogen (secondary N) is 3. The second-order valence-corrected chi connectivity index (χ2v) is 7.36. The lowest BCUT2D eigenvalue weighted by atomic mass is 10.0. The number of aromatic amines is 2. The lowest BCUT2D eigenvalue weighted by Gasteiger charge is -2.07. The maximum atomic E-state index is 12.2. The van der Waals surface area contributed by atoms with Crippen LogP contribution < -0.4 is 11.2 Å². The van der Waals surface area contributed by atoms with E-state index in [0.717, 1.165) is 29.6 Å². The van der Waals surface area contributed by atoms with Gasteiger partial charge >= 0.3 is 5.69 Å². The van der Waals surface area contributed by atoms with Gasteiger partial charge in [-0.25, -0.2) is 14.3 Å². The van der Waals surface area contributed by atoms with Crippen molar-refractivity contribution in [2.75, 3.05) is 0 Å². The highest BCUT2D eigenvalue weighted by Crippen LogP contribution is 2.50. The molecule has 1 aliphatic rings. The van der Waals surface area contributed by atoms with Crippen molar-refractivity contribution in [3.05, 3.63) is 86.5 Å². The van der Waals surface area contributed by atoms with Crippen LogP contribution in [0.25, 0.3) is 16.9 Å². The molecule has 0 bridgehead atoms. The topological polar surface area (TPSA) is 120 Å². The molecule has 3 N–H and O–H groups in total. The Hall–Kier alpha value is -3.81. The fourth-order valence-electron chi connectivity index (χ4n) is 3.85. The summed E-state index contributed by atoms with van der Waals surface area (Å²) in [5.41, 5.74) is 3.81. The predicted molar refractivity (Wildman–Crippen MR) is 109 cm³/mol. The number of hydrogen-bond acceptors (Lipinski definition) is 5. The van der Waals surface area contributed by atoms with Crippen molar-refractivity contribution in [1.29, 1.82) is 5.41 Å². The molecule has 1 fully saturated rings. The van der Waals surface area contributed by atoms with Gasteiger partial charge in [0.05, 0.1) is 11.3 Å². The lowest BCUT2D eigenvalue weighted by molar-refractivity contribution is 0.790. The van der Waals surface area contributed by atoms with Gasteiger partial charge in [-0.2, -0.15) is 5.10 Å². The summed E-state index contributed by atoms with van der Waals surface area (Å²) in [6.45, 7) is 0. The van der Waals surface area contributed by atoms with Gasteiger partial charge in [0.15, 0.2) is 5.65 Å². The van der Waals surface area contributed by atoms with Crippen LogP contribution >= 0.6 is 0 Å². The SMILES string of the molecule is N=Cc1ccc(C[C@H]2C[C@@H]2c2cc(-c3c[nH]c(=O)[nH]c3=O)nn3ccnc23)cc1. The number of fused-ring (bicyclic) bond motifs is 1. The number of benzene rings is 1. The molecule has 8 heteroatoms. The number of nitrogens with zero attached hydrogens (tertiary/aromatic N) is 3. The summed E-state index contributed by atoms with van der Waals surface area (Å²) in [6.07, 6.45) is 8.18. The highest BCUT2D eigenvalue weighted by atomic mass is 16.2. The zero-order valence-electron chi connectivity index (χ0n) is 15.4. The van der Waals surface area contributed by atoms with E-state index in [1.807, 2.05) is 18.2 Å². The summed E-state index contributed by atoms with van der Waals surface area (Å²) in [6, 6.07) is 9.96. The maximum absolute atomic E-state index is 12.2. The molecule has 0 spiro atoms. The second-order valence-electron chi connectivity index (χ2n) is 7.36. The quantitative estimate of drug-likeness (QED) is 0.455. The first-order valence-electron chi connectivity index (χ1n) is 9.38. The predicted octanol–water partition coefficient (Wildman–Crippen LogP) is 2.12. The minimum Gasteiger partial charge on any atom is -0.313 e. The molecule has 1 saturated carbocycles. The fourth-order valence-corrected chi connectivity index (χ4v) is 3.85. The molecule has 0 amide bonds. The maximum Gasteiger partial charge on any atom is 0.325 e. The molecule has 2 atom stereocenters. The van der Waals surface area contributed by atoms with Crippen LogP contribution in [0.15, 0.2) is 58.5 Å². The normalized spacial score (nSPS) is 18.1. The van der Waals surface area contributed by atoms with E-state index in [-0.39, 0.29) is 0 Å². The molecule has 0 aliphatic heterocycles. The summed E-state index contributed by atoms with van der Waals surface area (Å²) in [5, 5.41) is 11.8. The van der Waals surface area contributed by atoms with Crippen LogP contribution in [0, 0.1) is 11.3 Å². The van der Waals surface area contributed by atoms with Gasteiger partial charge in [-0.1, -0.05) is 24.3 Å². The molecule has 8 nitrogen and oxygen atoms in total. The van der Waals surface area contributed by atoms with Gasteiger partial charge in [-0.15, -0.1) is 0 Å². The Morgan fingerprint density at radius 1 is 1.24 bits per heavy atom. The molecule has 3 aromatic heterocycles. The van der Waals surface area contributed by atoms with Crippen molar-refractivity contribution in [1.82, 2.24) is 24.6 Å². The van der Waals surface area contributed by atoms with Gasteiger partial charge in [-0.05, 0) is 41.9 Å². The van der Waals surface area contributed by atoms with Crippen molar-refractivity contribution in [2.45, 2.75) is 18.8 Å². The van der Waals surface area contributed by atoms with Crippen LogP contribution in [-0.4, -0.2) is 30.8 Å². The van der Waals surface area contributed by atoms with Gasteiger partial charge in [0.1, 0.15) is 0 Å². The van der Waals surface area contributed by atoms with E-state index in [1.54, 1.807) is 16.9 Å². The van der Waals surface area contributed by atoms with Crippen molar-refractivity contribution in [2.24, 2.45) is 5.92 Å². The Kier molecular flexibility index (Phi) is 3.97. The molecular weight excluding hydrogens is 368 g/mol. The van der Waals surface area contributed by atoms with Crippen molar-refractivity contribution >= 4 is 11.9 Å². The molecule has 4 aromatic rings. The monoisotopic (exact) mass is 386 g/mol. The van der Waals surface area contributed by atoms with Crippen molar-refractivity contribution in [3.8, 4) is 11.3 Å². The molecular formula is C21H18N6O2. The van der Waals surface area contributed by atoms with E-state index in [0.29, 0.717) is 23.1 Å². The fraction of sp³-hybridized carbons (Fsp3) is 0.190. The largest absolute Gasteiger partial charge is 0.325 e. The zero-order chi connectivity index (χ0) is 20.0. The van der Waals surface area contributed by atoms with Crippen LogP contribution in [0.3, 0.4) is 0 Å². The molecule has 29 heavy (non-hydrogen) atoms. The van der Waals surface area contributed by atoms with Crippen LogP contribution in [0.5, 0.6) is 0 Å². The lowest BCUT2D eigenvalue weighted by Crippen LogP contribution is -2.23. The standard InChI is InChI=1S/C21H18N6O2/c22-10-13-3-1-12(2-4-13)7-14-8-15(14)16-9-18(26-27-6-5-23-19(16)27)17-11-24-21(29)25-20(17)28/h1-6,9-11,14-15,22H,7-8H2,(H2,24,25,28,29)/t14-,15-/m0/s1. The van der Waals surface area contributed by atoms with Gasteiger partial charge in [0.2, 0.25) is 0 Å². The van der Waals surface area contributed by atoms with Crippen molar-refractivity contribution < 1.29 is 0 Å². The zero-order valence-corrected chi connectivity index (χ0v) is 15.4. The molecule has 0 unspecified atom stereocenters. The summed E-state index contributed by atoms with van der Waals surface area (Å²) in [4.78, 5) is 32.7. The Labute approximate surface area is 164 Å². The molecule has 144 valence electrons. The van der Waals surface area contributed by atoms with E-state index in [4.69, 9.17) is 5.41 Å². The van der Waals surface area contributed by atoms with E-state index >= 15 is 0 Å². The number of hydrogen-bond donors (Lipinski definition) is 3. The molecule has 1 aliphatic carbocycles.